The lowest BCUT2D eigenvalue weighted by Gasteiger charge is -2.16. The Labute approximate surface area is 334 Å². The van der Waals surface area contributed by atoms with E-state index < -0.39 is 0 Å². The molecule has 0 amide bonds. The fraction of sp³-hybridized carbons (Fsp3) is 0.696. The molecule has 2 aromatic heterocycles. The number of benzene rings is 2. The highest BCUT2D eigenvalue weighted by molar-refractivity contribution is 9.11. The van der Waals surface area contributed by atoms with Crippen LogP contribution in [0, 0.1) is 0 Å². The Hall–Kier alpha value is -1.66. The molecule has 0 saturated carbocycles. The van der Waals surface area contributed by atoms with Crippen molar-refractivity contribution in [3.63, 3.8) is 0 Å². The molecule has 0 N–H and O–H groups in total. The second kappa shape index (κ2) is 24.7. The topological polar surface area (TPSA) is 51.6 Å². The number of rotatable bonds is 28. The summed E-state index contributed by atoms with van der Waals surface area (Å²) in [4.78, 5) is 21.8. The minimum atomic E-state index is 0.978. The predicted molar refractivity (Wildman–Crippen MR) is 234 cm³/mol. The summed E-state index contributed by atoms with van der Waals surface area (Å²) in [7, 11) is 0. The van der Waals surface area contributed by atoms with Gasteiger partial charge in [-0.15, -0.1) is 0 Å². The van der Waals surface area contributed by atoms with Gasteiger partial charge in [0.15, 0.2) is 0 Å². The molecule has 4 nitrogen and oxygen atoms in total. The molecule has 0 bridgehead atoms. The molecule has 0 spiro atoms. The van der Waals surface area contributed by atoms with Gasteiger partial charge in [-0.25, -0.2) is 19.9 Å². The van der Waals surface area contributed by atoms with Crippen LogP contribution in [0.1, 0.15) is 205 Å². The quantitative estimate of drug-likeness (QED) is 0.0422. The molecule has 0 aliphatic heterocycles. The van der Waals surface area contributed by atoms with E-state index in [2.05, 4.69) is 71.7 Å². The molecular formula is C46H70Br2N4. The van der Waals surface area contributed by atoms with E-state index in [0.717, 1.165) is 67.5 Å². The molecule has 0 radical (unpaired) electrons. The maximum absolute atomic E-state index is 5.51. The van der Waals surface area contributed by atoms with E-state index in [9.17, 15) is 0 Å². The van der Waals surface area contributed by atoms with Gasteiger partial charge in [-0.2, -0.15) is 0 Å². The van der Waals surface area contributed by atoms with Crippen LogP contribution in [0.5, 0.6) is 0 Å². The van der Waals surface area contributed by atoms with Crippen LogP contribution in [-0.2, 0) is 25.7 Å². The fourth-order valence-corrected chi connectivity index (χ4v) is 8.76. The number of unbranched alkanes of at least 4 members (excludes halogenated alkanes) is 20. The van der Waals surface area contributed by atoms with Gasteiger partial charge >= 0.3 is 0 Å². The van der Waals surface area contributed by atoms with Crippen molar-refractivity contribution in [2.75, 3.05) is 0 Å². The van der Waals surface area contributed by atoms with Gasteiger partial charge in [0, 0.05) is 19.7 Å². The first kappa shape index (κ1) is 43.1. The standard InChI is InChI=1S/C46H70Br2N4/c1-5-9-13-17-21-25-29-39-41(31-27-23-19-15-11-7-3)51-45-37(47)34-36-35(43(45)49-39)33-38(48)46-44(36)50-40(30-26-22-18-14-10-6-2)42(52-46)32-28-24-20-16-12-8-4/h33-34H,5-32H2,1-4H3. The third kappa shape index (κ3) is 13.3. The van der Waals surface area contributed by atoms with Gasteiger partial charge < -0.3 is 0 Å². The van der Waals surface area contributed by atoms with Crippen molar-refractivity contribution >= 4 is 64.7 Å². The smallest absolute Gasteiger partial charge is 0.104 e. The molecule has 4 rings (SSSR count). The molecular weight excluding hydrogens is 768 g/mol. The molecule has 52 heavy (non-hydrogen) atoms. The van der Waals surface area contributed by atoms with E-state index in [1.807, 2.05) is 0 Å². The van der Waals surface area contributed by atoms with Crippen LogP contribution < -0.4 is 0 Å². The van der Waals surface area contributed by atoms with Crippen molar-refractivity contribution in [1.82, 2.24) is 19.9 Å². The lowest BCUT2D eigenvalue weighted by Crippen LogP contribution is -2.06. The Balaban J connectivity index is 1.71. The minimum Gasteiger partial charge on any atom is -0.249 e. The van der Waals surface area contributed by atoms with Crippen LogP contribution in [0.15, 0.2) is 21.1 Å². The summed E-state index contributed by atoms with van der Waals surface area (Å²) in [6.45, 7) is 9.17. The molecule has 288 valence electrons. The second-order valence-electron chi connectivity index (χ2n) is 15.5. The minimum absolute atomic E-state index is 0.978. The van der Waals surface area contributed by atoms with E-state index >= 15 is 0 Å². The average Bonchev–Trinajstić information content (AvgIpc) is 3.15. The number of nitrogens with zero attached hydrogens (tertiary/aromatic N) is 4. The number of aromatic nitrogens is 4. The molecule has 6 heteroatoms. The third-order valence-electron chi connectivity index (χ3n) is 11.0. The van der Waals surface area contributed by atoms with Gasteiger partial charge in [-0.05, 0) is 95.4 Å². The van der Waals surface area contributed by atoms with Crippen LogP contribution in [0.25, 0.3) is 32.8 Å². The normalized spacial score (nSPS) is 11.9. The molecule has 0 fully saturated rings. The molecule has 2 heterocycles. The summed E-state index contributed by atoms with van der Waals surface area (Å²) in [5.74, 6) is 0. The Morgan fingerprint density at radius 3 is 0.827 bits per heavy atom. The van der Waals surface area contributed by atoms with Crippen LogP contribution in [0.4, 0.5) is 0 Å². The van der Waals surface area contributed by atoms with E-state index in [1.54, 1.807) is 0 Å². The van der Waals surface area contributed by atoms with Gasteiger partial charge in [-0.1, -0.05) is 156 Å². The summed E-state index contributed by atoms with van der Waals surface area (Å²) in [6, 6.07) is 4.50. The zero-order chi connectivity index (χ0) is 37.0. The SMILES string of the molecule is CCCCCCCCc1nc2c(Br)cc3c(cc(Br)c4nc(CCCCCCCC)c(CCCCCCCC)nc43)c2nc1CCCCCCCC. The van der Waals surface area contributed by atoms with E-state index in [-0.39, 0.29) is 0 Å². The van der Waals surface area contributed by atoms with E-state index in [1.165, 1.54) is 177 Å². The molecule has 4 aromatic rings. The Kier molecular flexibility index (Phi) is 20.4. The van der Waals surface area contributed by atoms with Crippen molar-refractivity contribution < 1.29 is 0 Å². The number of hydrogen-bond donors (Lipinski definition) is 0. The predicted octanol–water partition coefficient (Wildman–Crippen LogP) is 15.9. The highest BCUT2D eigenvalue weighted by Gasteiger charge is 2.19. The zero-order valence-corrected chi connectivity index (χ0v) is 36.7. The zero-order valence-electron chi connectivity index (χ0n) is 33.5. The van der Waals surface area contributed by atoms with Gasteiger partial charge in [-0.3, -0.25) is 0 Å². The maximum atomic E-state index is 5.51. The van der Waals surface area contributed by atoms with Gasteiger partial charge in [0.25, 0.3) is 0 Å². The first-order valence-electron chi connectivity index (χ1n) is 21.8. The van der Waals surface area contributed by atoms with Crippen LogP contribution in [0.2, 0.25) is 0 Å². The Morgan fingerprint density at radius 1 is 0.327 bits per heavy atom. The van der Waals surface area contributed by atoms with E-state index in [0.29, 0.717) is 0 Å². The summed E-state index contributed by atoms with van der Waals surface area (Å²) < 4.78 is 2.02. The number of hydrogen-bond acceptors (Lipinski definition) is 4. The third-order valence-corrected chi connectivity index (χ3v) is 12.2. The molecule has 2 aromatic carbocycles. The maximum Gasteiger partial charge on any atom is 0.104 e. The van der Waals surface area contributed by atoms with Crippen LogP contribution in [-0.4, -0.2) is 19.9 Å². The second-order valence-corrected chi connectivity index (χ2v) is 17.2. The molecule has 0 unspecified atom stereocenters. The van der Waals surface area contributed by atoms with Crippen molar-refractivity contribution in [2.45, 2.75) is 207 Å². The fourth-order valence-electron chi connectivity index (χ4n) is 7.75. The first-order chi connectivity index (χ1) is 25.5. The Morgan fingerprint density at radius 2 is 0.558 bits per heavy atom. The van der Waals surface area contributed by atoms with Crippen molar-refractivity contribution in [2.24, 2.45) is 0 Å². The average molecular weight is 839 g/mol. The summed E-state index contributed by atoms with van der Waals surface area (Å²) in [6.07, 6.45) is 35.0. The van der Waals surface area contributed by atoms with Gasteiger partial charge in [0.05, 0.1) is 33.8 Å². The first-order valence-corrected chi connectivity index (χ1v) is 23.4. The van der Waals surface area contributed by atoms with Gasteiger partial charge in [0.1, 0.15) is 11.0 Å². The van der Waals surface area contributed by atoms with Crippen molar-refractivity contribution in [1.29, 1.82) is 0 Å². The highest BCUT2D eigenvalue weighted by atomic mass is 79.9. The lowest BCUT2D eigenvalue weighted by atomic mass is 10.0. The number of halogens is 2. The van der Waals surface area contributed by atoms with Crippen LogP contribution >= 0.6 is 31.9 Å². The lowest BCUT2D eigenvalue weighted by molar-refractivity contribution is 0.593. The van der Waals surface area contributed by atoms with Gasteiger partial charge in [0.2, 0.25) is 0 Å². The summed E-state index contributed by atoms with van der Waals surface area (Å²) in [5, 5.41) is 2.26. The van der Waals surface area contributed by atoms with E-state index in [4.69, 9.17) is 19.9 Å². The largest absolute Gasteiger partial charge is 0.249 e. The molecule has 0 saturated heterocycles. The van der Waals surface area contributed by atoms with Crippen molar-refractivity contribution in [3.8, 4) is 0 Å². The van der Waals surface area contributed by atoms with Crippen LogP contribution in [0.3, 0.4) is 0 Å². The number of fused-ring (bicyclic) bond motifs is 5. The monoisotopic (exact) mass is 836 g/mol. The molecule has 0 atom stereocenters. The number of aryl methyl sites for hydroxylation is 4. The highest BCUT2D eigenvalue weighted by Crippen LogP contribution is 2.38. The Bertz CT molecular complexity index is 1510. The van der Waals surface area contributed by atoms with Crippen molar-refractivity contribution in [3.05, 3.63) is 43.9 Å². The molecule has 0 aliphatic carbocycles. The molecule has 0 aliphatic rings. The summed E-state index contributed by atoms with van der Waals surface area (Å²) >= 11 is 7.96. The summed E-state index contributed by atoms with van der Waals surface area (Å²) in [5.41, 5.74) is 8.77.